The average Bonchev–Trinajstić information content (AvgIpc) is 3.48. The Morgan fingerprint density at radius 2 is 1.21 bits per heavy atom. The van der Waals surface area contributed by atoms with Gasteiger partial charge in [-0.3, -0.25) is 18.6 Å². The molecule has 0 amide bonds. The summed E-state index contributed by atoms with van der Waals surface area (Å²) in [5, 5.41) is 9.75. The summed E-state index contributed by atoms with van der Waals surface area (Å²) in [6, 6.07) is 0. The van der Waals surface area contributed by atoms with Gasteiger partial charge in [0.15, 0.2) is 6.10 Å². The normalized spacial score (nSPS) is 14.4. The van der Waals surface area contributed by atoms with Gasteiger partial charge in [0, 0.05) is 25.7 Å². The van der Waals surface area contributed by atoms with Crippen molar-refractivity contribution in [2.45, 2.75) is 188 Å². The number of phosphoric acid groups is 1. The van der Waals surface area contributed by atoms with E-state index in [0.717, 1.165) is 82.8 Å². The maximum atomic E-state index is 12.8. The van der Waals surface area contributed by atoms with Crippen molar-refractivity contribution in [1.29, 1.82) is 0 Å². The highest BCUT2D eigenvalue weighted by atomic mass is 31.2. The molecule has 12 heteroatoms. The van der Waals surface area contributed by atoms with Gasteiger partial charge in [-0.2, -0.15) is 0 Å². The Hall–Kier alpha value is -2.79. The Morgan fingerprint density at radius 3 is 1.79 bits per heavy atom. The SMILES string of the molecule is CCCCCc1oc(CCCCCCCCCCC(=O)O[C@H](COC(=O)CCC/C=C\C/C=C\C/C=C\C/C=C\CC(O)CCC)COP(=O)(O)OCC[N+](C)(C)C)c(C)c1C. The van der Waals surface area contributed by atoms with Gasteiger partial charge in [-0.1, -0.05) is 120 Å². The third kappa shape index (κ3) is 32.0. The predicted molar refractivity (Wildman–Crippen MR) is 252 cm³/mol. The summed E-state index contributed by atoms with van der Waals surface area (Å²) in [7, 11) is 1.40. The molecule has 2 N–H and O–H groups in total. The molecule has 0 spiro atoms. The van der Waals surface area contributed by atoms with E-state index >= 15 is 0 Å². The summed E-state index contributed by atoms with van der Waals surface area (Å²) in [6.07, 6.45) is 36.2. The number of allylic oxidation sites excluding steroid dienone is 7. The van der Waals surface area contributed by atoms with E-state index in [4.69, 9.17) is 22.9 Å². The molecule has 0 radical (unpaired) electrons. The number of ether oxygens (including phenoxy) is 2. The molecule has 0 aliphatic rings. The third-order valence-electron chi connectivity index (χ3n) is 10.6. The number of aryl methyl sites for hydroxylation is 2. The zero-order valence-corrected chi connectivity index (χ0v) is 40.8. The highest BCUT2D eigenvalue weighted by molar-refractivity contribution is 7.47. The van der Waals surface area contributed by atoms with Crippen molar-refractivity contribution < 1.29 is 51.6 Å². The number of likely N-dealkylation sites (N-methyl/N-ethyl adjacent to an activating group) is 1. The standard InChI is InChI=1S/C50H86NO10P/c1-8-10-28-35-47-43(3)44(4)48(61-47)36-30-25-21-18-19-23-27-32-38-50(54)60-46(42-59-62(55,56)58-40-39-51(5,6)7)41-57-49(53)37-31-26-22-17-15-13-11-12-14-16-20-24-29-34-45(52)33-9-2/h11,13-14,16-17,22,24,29,45-46,52H,8-10,12,15,18-21,23,25-28,30-42H2,1-7H3/p+1/b13-11-,16-14-,22-17-,29-24-/t45?,46-/m1/s1. The maximum absolute atomic E-state index is 12.8. The van der Waals surface area contributed by atoms with Crippen LogP contribution in [0.5, 0.6) is 0 Å². The Kier molecular flexibility index (Phi) is 32.8. The topological polar surface area (TPSA) is 142 Å². The second-order valence-electron chi connectivity index (χ2n) is 17.6. The number of aliphatic hydroxyl groups is 1. The molecule has 0 fully saturated rings. The average molecular weight is 893 g/mol. The summed E-state index contributed by atoms with van der Waals surface area (Å²) in [6.45, 7) is 8.44. The van der Waals surface area contributed by atoms with Crippen LogP contribution in [0, 0.1) is 13.8 Å². The molecule has 0 saturated heterocycles. The molecular weight excluding hydrogens is 806 g/mol. The highest BCUT2D eigenvalue weighted by Crippen LogP contribution is 2.43. The lowest BCUT2D eigenvalue weighted by Crippen LogP contribution is -2.37. The molecule has 0 aliphatic heterocycles. The monoisotopic (exact) mass is 893 g/mol. The minimum Gasteiger partial charge on any atom is -0.466 e. The van der Waals surface area contributed by atoms with Gasteiger partial charge in [0.2, 0.25) is 0 Å². The number of quaternary nitrogens is 1. The number of nitrogens with zero attached hydrogens (tertiary/aromatic N) is 1. The van der Waals surface area contributed by atoms with Crippen molar-refractivity contribution >= 4 is 19.8 Å². The van der Waals surface area contributed by atoms with Crippen LogP contribution in [0.2, 0.25) is 0 Å². The molecular formula is C50H87NO10P+. The summed E-state index contributed by atoms with van der Waals surface area (Å²) < 4.78 is 40.6. The van der Waals surface area contributed by atoms with Crippen LogP contribution in [0.3, 0.4) is 0 Å². The van der Waals surface area contributed by atoms with E-state index in [1.807, 2.05) is 33.3 Å². The van der Waals surface area contributed by atoms with E-state index in [1.54, 1.807) is 0 Å². The number of carbonyl (C=O) groups is 2. The molecule has 0 aromatic carbocycles. The minimum absolute atomic E-state index is 0.00804. The van der Waals surface area contributed by atoms with Gasteiger partial charge < -0.3 is 28.4 Å². The quantitative estimate of drug-likeness (QED) is 0.0216. The van der Waals surface area contributed by atoms with Crippen LogP contribution in [-0.2, 0) is 45.5 Å². The number of rotatable bonds is 39. The number of carbonyl (C=O) groups excluding carboxylic acids is 2. The van der Waals surface area contributed by atoms with Crippen molar-refractivity contribution in [3.8, 4) is 0 Å². The smallest absolute Gasteiger partial charge is 0.466 e. The van der Waals surface area contributed by atoms with E-state index in [1.165, 1.54) is 49.0 Å². The second-order valence-corrected chi connectivity index (χ2v) is 19.0. The lowest BCUT2D eigenvalue weighted by atomic mass is 10.0. The van der Waals surface area contributed by atoms with Gasteiger partial charge in [0.25, 0.3) is 0 Å². The van der Waals surface area contributed by atoms with Gasteiger partial charge in [0.1, 0.15) is 31.3 Å². The zero-order chi connectivity index (χ0) is 45.9. The van der Waals surface area contributed by atoms with E-state index in [9.17, 15) is 24.2 Å². The van der Waals surface area contributed by atoms with Crippen molar-refractivity contribution in [2.24, 2.45) is 0 Å². The molecule has 1 aromatic rings. The van der Waals surface area contributed by atoms with Gasteiger partial charge in [-0.15, -0.1) is 0 Å². The van der Waals surface area contributed by atoms with Crippen LogP contribution in [0.25, 0.3) is 0 Å². The molecule has 11 nitrogen and oxygen atoms in total. The summed E-state index contributed by atoms with van der Waals surface area (Å²) >= 11 is 0. The van der Waals surface area contributed by atoms with Crippen LogP contribution in [0.15, 0.2) is 53.0 Å². The number of hydrogen-bond acceptors (Lipinski definition) is 9. The molecule has 2 unspecified atom stereocenters. The lowest BCUT2D eigenvalue weighted by Gasteiger charge is -2.24. The predicted octanol–water partition coefficient (Wildman–Crippen LogP) is 12.1. The van der Waals surface area contributed by atoms with E-state index < -0.39 is 32.5 Å². The molecule has 1 rings (SSSR count). The van der Waals surface area contributed by atoms with Crippen LogP contribution >= 0.6 is 7.82 Å². The van der Waals surface area contributed by atoms with Crippen LogP contribution in [0.1, 0.15) is 171 Å². The van der Waals surface area contributed by atoms with Gasteiger partial charge in [-0.25, -0.2) is 4.57 Å². The largest absolute Gasteiger partial charge is 0.472 e. The molecule has 0 saturated carbocycles. The summed E-state index contributed by atoms with van der Waals surface area (Å²) in [5.41, 5.74) is 2.64. The molecule has 0 aliphatic carbocycles. The highest BCUT2D eigenvalue weighted by Gasteiger charge is 2.27. The summed E-state index contributed by atoms with van der Waals surface area (Å²) in [4.78, 5) is 35.5. The first-order chi connectivity index (χ1) is 29.7. The van der Waals surface area contributed by atoms with Crippen LogP contribution < -0.4 is 0 Å². The minimum atomic E-state index is -4.41. The van der Waals surface area contributed by atoms with Crippen LogP contribution in [0.4, 0.5) is 0 Å². The van der Waals surface area contributed by atoms with Gasteiger partial charge in [-0.05, 0) is 89.2 Å². The number of esters is 2. The van der Waals surface area contributed by atoms with Crippen molar-refractivity contribution in [3.05, 3.63) is 71.3 Å². The second kappa shape index (κ2) is 35.5. The van der Waals surface area contributed by atoms with Gasteiger partial charge in [0.05, 0.1) is 33.9 Å². The first-order valence-corrected chi connectivity index (χ1v) is 25.3. The number of furan rings is 1. The molecule has 356 valence electrons. The summed E-state index contributed by atoms with van der Waals surface area (Å²) in [5.74, 6) is 1.42. The fourth-order valence-electron chi connectivity index (χ4n) is 6.61. The molecule has 62 heavy (non-hydrogen) atoms. The fourth-order valence-corrected chi connectivity index (χ4v) is 7.35. The first kappa shape index (κ1) is 57.2. The molecule has 1 aromatic heterocycles. The lowest BCUT2D eigenvalue weighted by molar-refractivity contribution is -0.870. The first-order valence-electron chi connectivity index (χ1n) is 23.8. The Morgan fingerprint density at radius 1 is 0.677 bits per heavy atom. The number of aliphatic hydroxyl groups excluding tert-OH is 1. The van der Waals surface area contributed by atoms with Crippen molar-refractivity contribution in [1.82, 2.24) is 0 Å². The van der Waals surface area contributed by atoms with E-state index in [2.05, 4.69) is 64.2 Å². The Labute approximate surface area is 376 Å². The van der Waals surface area contributed by atoms with E-state index in [-0.39, 0.29) is 32.2 Å². The van der Waals surface area contributed by atoms with Crippen molar-refractivity contribution in [2.75, 3.05) is 47.5 Å². The van der Waals surface area contributed by atoms with E-state index in [0.29, 0.717) is 36.7 Å². The fraction of sp³-hybridized carbons (Fsp3) is 0.720. The molecule has 1 heterocycles. The zero-order valence-electron chi connectivity index (χ0n) is 39.9. The van der Waals surface area contributed by atoms with Crippen LogP contribution in [-0.4, -0.2) is 86.1 Å². The van der Waals surface area contributed by atoms with Gasteiger partial charge >= 0.3 is 19.8 Å². The molecule has 0 bridgehead atoms. The Bertz CT molecular complexity index is 1490. The van der Waals surface area contributed by atoms with Crippen molar-refractivity contribution in [3.63, 3.8) is 0 Å². The number of phosphoric ester groups is 1. The molecule has 3 atom stereocenters. The maximum Gasteiger partial charge on any atom is 0.472 e. The Balaban J connectivity index is 2.38. The number of unbranched alkanes of at least 4 members (excludes halogenated alkanes) is 10. The number of hydrogen-bond donors (Lipinski definition) is 2. The third-order valence-corrected chi connectivity index (χ3v) is 11.6.